The fourth-order valence-corrected chi connectivity index (χ4v) is 3.25. The van der Waals surface area contributed by atoms with Gasteiger partial charge in [0.05, 0.1) is 17.3 Å². The Morgan fingerprint density at radius 1 is 1.22 bits per heavy atom. The van der Waals surface area contributed by atoms with E-state index in [-0.39, 0.29) is 10.7 Å². The molecule has 5 nitrogen and oxygen atoms in total. The molecule has 1 aliphatic rings. The van der Waals surface area contributed by atoms with E-state index in [1.54, 1.807) is 24.3 Å². The number of anilines is 1. The zero-order valence-electron chi connectivity index (χ0n) is 14.8. The highest BCUT2D eigenvalue weighted by Crippen LogP contribution is 2.28. The minimum atomic E-state index is -0.542. The van der Waals surface area contributed by atoms with Crippen LogP contribution >= 0.6 is 23.8 Å². The van der Waals surface area contributed by atoms with Gasteiger partial charge < -0.3 is 4.74 Å². The molecule has 2 amide bonds. The number of nitrogens with zero attached hydrogens (tertiary/aromatic N) is 1. The van der Waals surface area contributed by atoms with E-state index in [0.29, 0.717) is 28.6 Å². The second-order valence-electron chi connectivity index (χ2n) is 5.87. The summed E-state index contributed by atoms with van der Waals surface area (Å²) in [7, 11) is 0. The summed E-state index contributed by atoms with van der Waals surface area (Å²) in [5.74, 6) is -0.480. The largest absolute Gasteiger partial charge is 0.492 e. The normalized spacial score (nSPS) is 15.9. The summed E-state index contributed by atoms with van der Waals surface area (Å²) in [6.07, 6.45) is 1.49. The van der Waals surface area contributed by atoms with E-state index in [0.717, 1.165) is 5.56 Å². The van der Waals surface area contributed by atoms with E-state index in [1.807, 2.05) is 32.0 Å². The molecule has 1 fully saturated rings. The molecule has 27 heavy (non-hydrogen) atoms. The Morgan fingerprint density at radius 3 is 2.63 bits per heavy atom. The summed E-state index contributed by atoms with van der Waals surface area (Å²) in [6, 6.07) is 12.4. The average Bonchev–Trinajstić information content (AvgIpc) is 2.62. The lowest BCUT2D eigenvalue weighted by Crippen LogP contribution is -2.54. The quantitative estimate of drug-likeness (QED) is 0.480. The van der Waals surface area contributed by atoms with Gasteiger partial charge in [-0.05, 0) is 61.5 Å². The van der Waals surface area contributed by atoms with E-state index in [9.17, 15) is 9.59 Å². The van der Waals surface area contributed by atoms with Crippen LogP contribution in [0.3, 0.4) is 0 Å². The van der Waals surface area contributed by atoms with Crippen molar-refractivity contribution in [2.24, 2.45) is 0 Å². The lowest BCUT2D eigenvalue weighted by molar-refractivity contribution is -0.122. The standard InChI is InChI=1S/C20H17ClN2O3S/c1-3-26-17-9-8-13(11-15(17)21)10-14-18(24)22-20(27)23(19(14)25)16-7-5-4-6-12(16)2/h4-11H,3H2,1-2H3,(H,22,24,27)/b14-10-. The van der Waals surface area contributed by atoms with Crippen LogP contribution in [0.2, 0.25) is 5.02 Å². The molecule has 1 saturated heterocycles. The van der Waals surface area contributed by atoms with Gasteiger partial charge in [-0.25, -0.2) is 0 Å². The van der Waals surface area contributed by atoms with Crippen molar-refractivity contribution in [3.8, 4) is 5.75 Å². The Hall–Kier alpha value is -2.70. The molecule has 0 saturated carbocycles. The van der Waals surface area contributed by atoms with Crippen molar-refractivity contribution in [2.75, 3.05) is 11.5 Å². The number of thiocarbonyl (C=S) groups is 1. The molecule has 2 aromatic rings. The second-order valence-corrected chi connectivity index (χ2v) is 6.66. The van der Waals surface area contributed by atoms with Crippen LogP contribution in [-0.2, 0) is 9.59 Å². The molecule has 0 aliphatic carbocycles. The number of halogens is 1. The van der Waals surface area contributed by atoms with Crippen LogP contribution in [-0.4, -0.2) is 23.5 Å². The van der Waals surface area contributed by atoms with Gasteiger partial charge >= 0.3 is 0 Å². The van der Waals surface area contributed by atoms with Crippen LogP contribution in [0, 0.1) is 6.92 Å². The molecule has 2 aromatic carbocycles. The van der Waals surface area contributed by atoms with Gasteiger partial charge in [-0.2, -0.15) is 0 Å². The molecular formula is C20H17ClN2O3S. The highest BCUT2D eigenvalue weighted by molar-refractivity contribution is 7.80. The van der Waals surface area contributed by atoms with Crippen molar-refractivity contribution >= 4 is 52.5 Å². The molecule has 7 heteroatoms. The van der Waals surface area contributed by atoms with Gasteiger partial charge in [-0.1, -0.05) is 35.9 Å². The number of nitrogens with one attached hydrogen (secondary N) is 1. The molecule has 138 valence electrons. The maximum atomic E-state index is 13.0. The summed E-state index contributed by atoms with van der Waals surface area (Å²) < 4.78 is 5.40. The van der Waals surface area contributed by atoms with Crippen molar-refractivity contribution in [1.82, 2.24) is 5.32 Å². The third kappa shape index (κ3) is 3.86. The topological polar surface area (TPSA) is 58.6 Å². The van der Waals surface area contributed by atoms with Gasteiger partial charge in [0.2, 0.25) is 0 Å². The minimum Gasteiger partial charge on any atom is -0.492 e. The van der Waals surface area contributed by atoms with Crippen LogP contribution < -0.4 is 15.0 Å². The van der Waals surface area contributed by atoms with E-state index >= 15 is 0 Å². The smallest absolute Gasteiger partial charge is 0.270 e. The number of benzene rings is 2. The first-order valence-corrected chi connectivity index (χ1v) is 9.10. The zero-order chi connectivity index (χ0) is 19.6. The number of ether oxygens (including phenoxy) is 1. The Balaban J connectivity index is 2.00. The van der Waals surface area contributed by atoms with E-state index in [1.165, 1.54) is 11.0 Å². The van der Waals surface area contributed by atoms with Crippen molar-refractivity contribution in [3.63, 3.8) is 0 Å². The summed E-state index contributed by atoms with van der Waals surface area (Å²) in [5, 5.41) is 3.03. The Morgan fingerprint density at radius 2 is 1.96 bits per heavy atom. The lowest BCUT2D eigenvalue weighted by Gasteiger charge is -2.30. The number of aryl methyl sites for hydroxylation is 1. The first-order valence-electron chi connectivity index (χ1n) is 8.31. The molecule has 0 bridgehead atoms. The van der Waals surface area contributed by atoms with E-state index < -0.39 is 11.8 Å². The van der Waals surface area contributed by atoms with Crippen molar-refractivity contribution in [3.05, 3.63) is 64.2 Å². The number of carbonyl (C=O) groups is 2. The summed E-state index contributed by atoms with van der Waals surface area (Å²) in [6.45, 7) is 4.22. The van der Waals surface area contributed by atoms with Crippen molar-refractivity contribution < 1.29 is 14.3 Å². The third-order valence-corrected chi connectivity index (χ3v) is 4.60. The molecule has 0 aromatic heterocycles. The van der Waals surface area contributed by atoms with Crippen LogP contribution in [0.15, 0.2) is 48.0 Å². The first kappa shape index (κ1) is 19.1. The van der Waals surface area contributed by atoms with Crippen LogP contribution in [0.1, 0.15) is 18.1 Å². The predicted octanol–water partition coefficient (Wildman–Crippen LogP) is 3.88. The van der Waals surface area contributed by atoms with Crippen LogP contribution in [0.5, 0.6) is 5.75 Å². The molecule has 1 aliphatic heterocycles. The van der Waals surface area contributed by atoms with Crippen molar-refractivity contribution in [2.45, 2.75) is 13.8 Å². The molecule has 1 N–H and O–H groups in total. The third-order valence-electron chi connectivity index (χ3n) is 4.02. The number of hydrogen-bond donors (Lipinski definition) is 1. The Kier molecular flexibility index (Phi) is 5.58. The molecular weight excluding hydrogens is 384 g/mol. The maximum absolute atomic E-state index is 13.0. The van der Waals surface area contributed by atoms with E-state index in [4.69, 9.17) is 28.6 Å². The maximum Gasteiger partial charge on any atom is 0.270 e. The highest BCUT2D eigenvalue weighted by Gasteiger charge is 2.35. The number of hydrogen-bond acceptors (Lipinski definition) is 4. The first-order chi connectivity index (χ1) is 12.9. The Bertz CT molecular complexity index is 971. The zero-order valence-corrected chi connectivity index (χ0v) is 16.4. The molecule has 0 spiro atoms. The van der Waals surface area contributed by atoms with Crippen molar-refractivity contribution in [1.29, 1.82) is 0 Å². The van der Waals surface area contributed by atoms with Gasteiger partial charge in [0.25, 0.3) is 11.8 Å². The number of amides is 2. The minimum absolute atomic E-state index is 0.0212. The number of para-hydroxylation sites is 1. The summed E-state index contributed by atoms with van der Waals surface area (Å²) >= 11 is 11.4. The molecule has 1 heterocycles. The fourth-order valence-electron chi connectivity index (χ4n) is 2.74. The van der Waals surface area contributed by atoms with E-state index in [2.05, 4.69) is 5.32 Å². The highest BCUT2D eigenvalue weighted by atomic mass is 35.5. The van der Waals surface area contributed by atoms with Gasteiger partial charge in [-0.3, -0.25) is 19.8 Å². The number of carbonyl (C=O) groups excluding carboxylic acids is 2. The molecule has 0 radical (unpaired) electrons. The Labute approximate surface area is 167 Å². The van der Waals surface area contributed by atoms with Gasteiger partial charge in [0.1, 0.15) is 11.3 Å². The van der Waals surface area contributed by atoms with Gasteiger partial charge in [0, 0.05) is 0 Å². The lowest BCUT2D eigenvalue weighted by atomic mass is 10.1. The number of rotatable bonds is 4. The fraction of sp³-hybridized carbons (Fsp3) is 0.150. The van der Waals surface area contributed by atoms with Crippen LogP contribution in [0.25, 0.3) is 6.08 Å². The average molecular weight is 401 g/mol. The summed E-state index contributed by atoms with van der Waals surface area (Å²) in [5.41, 5.74) is 2.09. The monoisotopic (exact) mass is 400 g/mol. The SMILES string of the molecule is CCOc1ccc(/C=C2/C(=O)NC(=S)N(c3ccccc3C)C2=O)cc1Cl. The van der Waals surface area contributed by atoms with Gasteiger partial charge in [-0.15, -0.1) is 0 Å². The molecule has 3 rings (SSSR count). The summed E-state index contributed by atoms with van der Waals surface area (Å²) in [4.78, 5) is 26.7. The second kappa shape index (κ2) is 7.90. The van der Waals surface area contributed by atoms with Crippen LogP contribution in [0.4, 0.5) is 5.69 Å². The predicted molar refractivity (Wildman–Crippen MR) is 110 cm³/mol. The molecule has 0 atom stereocenters. The molecule has 0 unspecified atom stereocenters. The van der Waals surface area contributed by atoms with Gasteiger partial charge in [0.15, 0.2) is 5.11 Å².